The van der Waals surface area contributed by atoms with Crippen LogP contribution in [0, 0.1) is 35.0 Å². The van der Waals surface area contributed by atoms with E-state index >= 15 is 0 Å². The highest BCUT2D eigenvalue weighted by Gasteiger charge is 2.33. The van der Waals surface area contributed by atoms with E-state index in [1.807, 2.05) is 13.0 Å². The predicted molar refractivity (Wildman–Crippen MR) is 120 cm³/mol. The highest BCUT2D eigenvalue weighted by molar-refractivity contribution is 7.89. The first-order chi connectivity index (χ1) is 14.7. The van der Waals surface area contributed by atoms with E-state index in [0.717, 1.165) is 12.0 Å². The van der Waals surface area contributed by atoms with Crippen LogP contribution in [0.15, 0.2) is 40.8 Å². The number of nitriles is 1. The van der Waals surface area contributed by atoms with Gasteiger partial charge in [-0.25, -0.2) is 13.1 Å². The van der Waals surface area contributed by atoms with Crippen molar-refractivity contribution in [3.63, 3.8) is 0 Å². The minimum atomic E-state index is -3.71. The van der Waals surface area contributed by atoms with Gasteiger partial charge in [0.2, 0.25) is 15.9 Å². The van der Waals surface area contributed by atoms with Crippen LogP contribution in [0.5, 0.6) is 0 Å². The minimum Gasteiger partial charge on any atom is -0.383 e. The van der Waals surface area contributed by atoms with Crippen molar-refractivity contribution in [2.45, 2.75) is 38.5 Å². The van der Waals surface area contributed by atoms with Gasteiger partial charge < -0.3 is 10.1 Å². The first-order valence-corrected chi connectivity index (χ1v) is 12.1. The average molecular weight is 448 g/mol. The zero-order valence-corrected chi connectivity index (χ0v) is 19.5. The summed E-state index contributed by atoms with van der Waals surface area (Å²) >= 11 is 0. The maximum atomic E-state index is 12.7. The van der Waals surface area contributed by atoms with Crippen LogP contribution in [0.3, 0.4) is 0 Å². The van der Waals surface area contributed by atoms with Crippen molar-refractivity contribution < 1.29 is 17.9 Å². The fourth-order valence-electron chi connectivity index (χ4n) is 4.12. The predicted octanol–water partition coefficient (Wildman–Crippen LogP) is 2.84. The zero-order valence-electron chi connectivity index (χ0n) is 18.7. The van der Waals surface area contributed by atoms with Crippen molar-refractivity contribution in [1.82, 2.24) is 10.0 Å². The molecule has 2 rings (SSSR count). The van der Waals surface area contributed by atoms with Gasteiger partial charge >= 0.3 is 0 Å². The molecule has 0 unspecified atom stereocenters. The van der Waals surface area contributed by atoms with Gasteiger partial charge in [0.05, 0.1) is 23.1 Å². The summed E-state index contributed by atoms with van der Waals surface area (Å²) in [5.41, 5.74) is 1.43. The Hall–Kier alpha value is -2.21. The van der Waals surface area contributed by atoms with E-state index in [2.05, 4.69) is 30.0 Å². The summed E-state index contributed by atoms with van der Waals surface area (Å²) in [6.07, 6.45) is 3.39. The van der Waals surface area contributed by atoms with Crippen LogP contribution >= 0.6 is 0 Å². The molecule has 2 N–H and O–H groups in total. The molecule has 1 aromatic rings. The number of carbonyl (C=O) groups excluding carboxylic acids is 1. The number of methoxy groups -OCH3 is 1. The van der Waals surface area contributed by atoms with Crippen LogP contribution in [-0.2, 0) is 19.6 Å². The molecule has 31 heavy (non-hydrogen) atoms. The van der Waals surface area contributed by atoms with Crippen molar-refractivity contribution in [3.05, 3.63) is 41.5 Å². The molecule has 0 aromatic heterocycles. The zero-order chi connectivity index (χ0) is 23.0. The van der Waals surface area contributed by atoms with Crippen molar-refractivity contribution in [1.29, 1.82) is 5.26 Å². The monoisotopic (exact) mass is 447 g/mol. The number of hydrogen-bond acceptors (Lipinski definition) is 5. The van der Waals surface area contributed by atoms with E-state index in [1.54, 1.807) is 19.2 Å². The molecule has 1 aromatic carbocycles. The van der Waals surface area contributed by atoms with Crippen LogP contribution in [-0.4, -0.2) is 41.1 Å². The van der Waals surface area contributed by atoms with Gasteiger partial charge in [0.1, 0.15) is 0 Å². The lowest BCUT2D eigenvalue weighted by Crippen LogP contribution is -2.38. The summed E-state index contributed by atoms with van der Waals surface area (Å²) in [5, 5.41) is 11.9. The molecule has 8 heteroatoms. The first kappa shape index (κ1) is 25.1. The molecule has 0 spiro atoms. The number of nitrogens with one attached hydrogen (secondary N) is 2. The summed E-state index contributed by atoms with van der Waals surface area (Å²) in [6.45, 7) is 7.54. The Bertz CT molecular complexity index is 934. The number of amides is 1. The molecular weight excluding hydrogens is 414 g/mol. The van der Waals surface area contributed by atoms with Crippen LogP contribution in [0.25, 0.3) is 0 Å². The number of ether oxygens (including phenoxy) is 1. The molecular formula is C23H33N3O4S. The molecule has 0 aliphatic heterocycles. The molecule has 0 saturated carbocycles. The standard InChI is InChI=1S/C23H33N3O4S/c1-16(2)22-12-19(13-23(27)25-8-9-30-4)17(3)10-20(22)15-26-31(28,29)21-7-5-6-18(11-21)14-24/h5-7,10-11,16,19-20,22,26H,8-9,12-13,15H2,1-4H3,(H,25,27)/t19-,20-,22-/m0/s1. The van der Waals surface area contributed by atoms with Gasteiger partial charge in [0.15, 0.2) is 0 Å². The van der Waals surface area contributed by atoms with E-state index < -0.39 is 10.0 Å². The Labute approximate surface area is 185 Å². The molecule has 0 heterocycles. The summed E-state index contributed by atoms with van der Waals surface area (Å²) in [4.78, 5) is 12.3. The van der Waals surface area contributed by atoms with Gasteiger partial charge in [-0.3, -0.25) is 4.79 Å². The molecule has 3 atom stereocenters. The molecule has 0 bridgehead atoms. The van der Waals surface area contributed by atoms with Crippen molar-refractivity contribution in [2.75, 3.05) is 26.8 Å². The molecule has 7 nitrogen and oxygen atoms in total. The topological polar surface area (TPSA) is 108 Å². The summed E-state index contributed by atoms with van der Waals surface area (Å²) in [7, 11) is -2.11. The second-order valence-electron chi connectivity index (χ2n) is 8.45. The van der Waals surface area contributed by atoms with Gasteiger partial charge in [-0.2, -0.15) is 5.26 Å². The average Bonchev–Trinajstić information content (AvgIpc) is 2.74. The van der Waals surface area contributed by atoms with Crippen LogP contribution in [0.4, 0.5) is 0 Å². The molecule has 1 amide bonds. The number of carbonyl (C=O) groups is 1. The van der Waals surface area contributed by atoms with E-state index in [-0.39, 0.29) is 35.1 Å². The fourth-order valence-corrected chi connectivity index (χ4v) is 5.24. The Morgan fingerprint density at radius 3 is 2.74 bits per heavy atom. The lowest BCUT2D eigenvalue weighted by molar-refractivity contribution is -0.122. The second-order valence-corrected chi connectivity index (χ2v) is 10.2. The van der Waals surface area contributed by atoms with Crippen LogP contribution in [0.1, 0.15) is 39.2 Å². The highest BCUT2D eigenvalue weighted by Crippen LogP contribution is 2.38. The summed E-state index contributed by atoms with van der Waals surface area (Å²) < 4.78 is 33.1. The van der Waals surface area contributed by atoms with Crippen molar-refractivity contribution >= 4 is 15.9 Å². The largest absolute Gasteiger partial charge is 0.383 e. The maximum Gasteiger partial charge on any atom is 0.240 e. The van der Waals surface area contributed by atoms with E-state index in [4.69, 9.17) is 10.00 Å². The van der Waals surface area contributed by atoms with Gasteiger partial charge in [0.25, 0.3) is 0 Å². The molecule has 0 radical (unpaired) electrons. The van der Waals surface area contributed by atoms with Crippen molar-refractivity contribution in [2.24, 2.45) is 23.7 Å². The number of nitrogens with zero attached hydrogens (tertiary/aromatic N) is 1. The minimum absolute atomic E-state index is 0.00818. The van der Waals surface area contributed by atoms with Gasteiger partial charge in [-0.05, 0) is 55.2 Å². The van der Waals surface area contributed by atoms with E-state index in [9.17, 15) is 13.2 Å². The summed E-state index contributed by atoms with van der Waals surface area (Å²) in [6, 6.07) is 7.98. The fraction of sp³-hybridized carbons (Fsp3) is 0.565. The third-order valence-electron chi connectivity index (χ3n) is 5.93. The number of benzene rings is 1. The molecule has 0 saturated heterocycles. The molecule has 1 aliphatic carbocycles. The quantitative estimate of drug-likeness (QED) is 0.423. The number of hydrogen-bond donors (Lipinski definition) is 2. The smallest absolute Gasteiger partial charge is 0.240 e. The third kappa shape index (κ3) is 7.17. The van der Waals surface area contributed by atoms with E-state index in [0.29, 0.717) is 31.1 Å². The Morgan fingerprint density at radius 2 is 2.10 bits per heavy atom. The SMILES string of the molecule is COCCNC(=O)C[C@@H]1C[C@@H](C(C)C)[C@H](CNS(=O)(=O)c2cccc(C#N)c2)C=C1C. The van der Waals surface area contributed by atoms with Gasteiger partial charge in [0, 0.05) is 26.6 Å². The summed E-state index contributed by atoms with van der Waals surface area (Å²) in [5.74, 6) is 0.805. The Morgan fingerprint density at radius 1 is 1.35 bits per heavy atom. The molecule has 0 fully saturated rings. The Balaban J connectivity index is 2.08. The number of sulfonamides is 1. The molecule has 170 valence electrons. The maximum absolute atomic E-state index is 12.7. The van der Waals surface area contributed by atoms with Gasteiger partial charge in [-0.15, -0.1) is 0 Å². The second kappa shape index (κ2) is 11.4. The lowest BCUT2D eigenvalue weighted by atomic mass is 9.70. The van der Waals surface area contributed by atoms with Crippen LogP contribution < -0.4 is 10.0 Å². The van der Waals surface area contributed by atoms with Gasteiger partial charge in [-0.1, -0.05) is 31.6 Å². The normalized spacial score (nSPS) is 21.4. The Kier molecular flexibility index (Phi) is 9.23. The lowest BCUT2D eigenvalue weighted by Gasteiger charge is -2.37. The first-order valence-electron chi connectivity index (χ1n) is 10.6. The highest BCUT2D eigenvalue weighted by atomic mass is 32.2. The number of rotatable bonds is 10. The number of allylic oxidation sites excluding steroid dienone is 1. The van der Waals surface area contributed by atoms with Crippen LogP contribution in [0.2, 0.25) is 0 Å². The third-order valence-corrected chi connectivity index (χ3v) is 7.35. The van der Waals surface area contributed by atoms with Crippen molar-refractivity contribution in [3.8, 4) is 6.07 Å². The molecule has 1 aliphatic rings. The van der Waals surface area contributed by atoms with E-state index in [1.165, 1.54) is 12.1 Å².